The molecule has 9 heteroatoms. The number of hydrogen-bond donors (Lipinski definition) is 4. The summed E-state index contributed by atoms with van der Waals surface area (Å²) >= 11 is 0. The Kier molecular flexibility index (Phi) is 8.51. The van der Waals surface area contributed by atoms with Gasteiger partial charge in [0.25, 0.3) is 0 Å². The summed E-state index contributed by atoms with van der Waals surface area (Å²) in [5, 5.41) is 0. The summed E-state index contributed by atoms with van der Waals surface area (Å²) < 4.78 is 13.0. The van der Waals surface area contributed by atoms with Crippen LogP contribution in [0.15, 0.2) is 0 Å². The van der Waals surface area contributed by atoms with E-state index in [4.69, 9.17) is 25.0 Å². The number of carbonyl (C=O) groups excluding carboxylic acids is 2. The first-order valence-corrected chi connectivity index (χ1v) is 4.99. The maximum atomic E-state index is 10.3. The Morgan fingerprint density at radius 1 is 1.29 bits per heavy atom. The predicted octanol–water partition coefficient (Wildman–Crippen LogP) is -1.50. The number of phosphoric acid groups is 1. The van der Waals surface area contributed by atoms with E-state index in [9.17, 15) is 9.59 Å². The van der Waals surface area contributed by atoms with E-state index in [1.807, 2.05) is 0 Å². The Morgan fingerprint density at radius 2 is 1.64 bits per heavy atom. The van der Waals surface area contributed by atoms with Crippen LogP contribution in [0, 0.1) is 0 Å². The van der Waals surface area contributed by atoms with Crippen LogP contribution in [0.3, 0.4) is 0 Å². The fourth-order valence-corrected chi connectivity index (χ4v) is 0.241. The Bertz CT molecular complexity index is 212. The van der Waals surface area contributed by atoms with Crippen molar-refractivity contribution in [2.75, 3.05) is 6.54 Å². The van der Waals surface area contributed by atoms with Crippen molar-refractivity contribution in [1.82, 2.24) is 0 Å². The van der Waals surface area contributed by atoms with E-state index in [0.29, 0.717) is 0 Å². The van der Waals surface area contributed by atoms with Gasteiger partial charge < -0.3 is 25.2 Å². The number of carbonyl (C=O) groups is 2. The topological polar surface area (TPSA) is 147 Å². The summed E-state index contributed by atoms with van der Waals surface area (Å²) in [4.78, 5) is 42.1. The highest BCUT2D eigenvalue weighted by Crippen LogP contribution is 2.25. The van der Waals surface area contributed by atoms with Crippen LogP contribution in [0.25, 0.3) is 0 Å². The third-order valence-electron chi connectivity index (χ3n) is 0.683. The molecule has 0 radical (unpaired) electrons. The molecule has 0 aliphatic heterocycles. The van der Waals surface area contributed by atoms with Crippen molar-refractivity contribution < 1.29 is 33.6 Å². The SMILES string of the molecule is CCC(=O)OC(=O)CN.O=P(O)(O)O. The maximum Gasteiger partial charge on any atom is 0.466 e. The second-order valence-electron chi connectivity index (χ2n) is 1.92. The van der Waals surface area contributed by atoms with Crippen LogP contribution in [0.2, 0.25) is 0 Å². The fraction of sp³-hybridized carbons (Fsp3) is 0.600. The van der Waals surface area contributed by atoms with Crippen LogP contribution in [0.5, 0.6) is 0 Å². The van der Waals surface area contributed by atoms with Crippen molar-refractivity contribution in [1.29, 1.82) is 0 Å². The summed E-state index contributed by atoms with van der Waals surface area (Å²) in [6.45, 7) is 1.36. The van der Waals surface area contributed by atoms with Gasteiger partial charge in [-0.15, -0.1) is 0 Å². The predicted molar refractivity (Wildman–Crippen MR) is 44.7 cm³/mol. The first-order valence-electron chi connectivity index (χ1n) is 3.42. The highest BCUT2D eigenvalue weighted by molar-refractivity contribution is 7.45. The van der Waals surface area contributed by atoms with Crippen molar-refractivity contribution in [2.24, 2.45) is 5.73 Å². The average Bonchev–Trinajstić information content (AvgIpc) is 2.01. The molecule has 0 fully saturated rings. The number of rotatable bonds is 2. The number of ether oxygens (including phenoxy) is 1. The highest BCUT2D eigenvalue weighted by Gasteiger charge is 2.03. The Hall–Kier alpha value is -0.790. The van der Waals surface area contributed by atoms with Gasteiger partial charge in [0.15, 0.2) is 0 Å². The van der Waals surface area contributed by atoms with Gasteiger partial charge in [0.1, 0.15) is 0 Å². The van der Waals surface area contributed by atoms with Crippen molar-refractivity contribution >= 4 is 19.8 Å². The van der Waals surface area contributed by atoms with Crippen molar-refractivity contribution in [3.8, 4) is 0 Å². The number of esters is 2. The molecule has 0 aromatic carbocycles. The molecule has 0 aromatic rings. The standard InChI is InChI=1S/C5H9NO3.H3O4P/c1-2-4(7)9-5(8)3-6;1-5(2,3)4/h2-3,6H2,1H3;(H3,1,2,3,4). The lowest BCUT2D eigenvalue weighted by Gasteiger charge is -1.95. The van der Waals surface area contributed by atoms with E-state index < -0.39 is 19.8 Å². The van der Waals surface area contributed by atoms with Crippen LogP contribution in [0.1, 0.15) is 13.3 Å². The smallest absolute Gasteiger partial charge is 0.392 e. The molecule has 5 N–H and O–H groups in total. The van der Waals surface area contributed by atoms with Gasteiger partial charge in [0, 0.05) is 6.42 Å². The summed E-state index contributed by atoms with van der Waals surface area (Å²) in [6, 6.07) is 0. The monoisotopic (exact) mass is 229 g/mol. The van der Waals surface area contributed by atoms with Gasteiger partial charge in [-0.1, -0.05) is 6.92 Å². The lowest BCUT2D eigenvalue weighted by Crippen LogP contribution is -2.19. The van der Waals surface area contributed by atoms with Crippen LogP contribution in [-0.2, 0) is 18.9 Å². The molecule has 0 atom stereocenters. The molecular formula is C5H12NO7P. The second kappa shape index (κ2) is 7.60. The van der Waals surface area contributed by atoms with E-state index in [1.165, 1.54) is 0 Å². The molecule has 0 amide bonds. The lowest BCUT2D eigenvalue weighted by atomic mass is 10.5. The summed E-state index contributed by atoms with van der Waals surface area (Å²) in [5.74, 6) is -1.22. The van der Waals surface area contributed by atoms with Crippen molar-refractivity contribution in [3.63, 3.8) is 0 Å². The van der Waals surface area contributed by atoms with Gasteiger partial charge in [-0.3, -0.25) is 9.59 Å². The zero-order chi connectivity index (χ0) is 11.8. The Morgan fingerprint density at radius 3 is 1.86 bits per heavy atom. The molecule has 14 heavy (non-hydrogen) atoms. The van der Waals surface area contributed by atoms with Crippen LogP contribution < -0.4 is 5.73 Å². The van der Waals surface area contributed by atoms with E-state index in [2.05, 4.69) is 4.74 Å². The molecule has 0 saturated heterocycles. The van der Waals surface area contributed by atoms with Gasteiger partial charge in [0.05, 0.1) is 6.54 Å². The molecule has 0 unspecified atom stereocenters. The molecule has 0 heterocycles. The molecular weight excluding hydrogens is 217 g/mol. The average molecular weight is 229 g/mol. The molecule has 0 aliphatic rings. The first kappa shape index (κ1) is 15.7. The van der Waals surface area contributed by atoms with Crippen LogP contribution in [0.4, 0.5) is 0 Å². The van der Waals surface area contributed by atoms with E-state index in [1.54, 1.807) is 6.92 Å². The molecule has 84 valence electrons. The zero-order valence-corrected chi connectivity index (χ0v) is 8.31. The molecule has 0 spiro atoms. The summed E-state index contributed by atoms with van der Waals surface area (Å²) in [6.07, 6.45) is 0.200. The minimum atomic E-state index is -4.64. The summed E-state index contributed by atoms with van der Waals surface area (Å²) in [7, 11) is -4.64. The van der Waals surface area contributed by atoms with Gasteiger partial charge >= 0.3 is 19.8 Å². The fourth-order valence-electron chi connectivity index (χ4n) is 0.241. The van der Waals surface area contributed by atoms with Crippen LogP contribution >= 0.6 is 7.82 Å². The largest absolute Gasteiger partial charge is 0.466 e. The Labute approximate surface area is 79.9 Å². The van der Waals surface area contributed by atoms with Crippen molar-refractivity contribution in [2.45, 2.75) is 13.3 Å². The van der Waals surface area contributed by atoms with Gasteiger partial charge in [-0.2, -0.15) is 0 Å². The minimum absolute atomic E-state index is 0.200. The molecule has 8 nitrogen and oxygen atoms in total. The van der Waals surface area contributed by atoms with E-state index >= 15 is 0 Å². The summed E-state index contributed by atoms with van der Waals surface area (Å²) in [5.41, 5.74) is 4.85. The third-order valence-corrected chi connectivity index (χ3v) is 0.683. The lowest BCUT2D eigenvalue weighted by molar-refractivity contribution is -0.158. The normalized spacial score (nSPS) is 9.79. The van der Waals surface area contributed by atoms with E-state index in [-0.39, 0.29) is 13.0 Å². The first-order chi connectivity index (χ1) is 6.20. The quantitative estimate of drug-likeness (QED) is 0.254. The molecule has 0 bridgehead atoms. The molecule has 0 aliphatic carbocycles. The Balaban J connectivity index is 0. The third kappa shape index (κ3) is 22.5. The molecule has 0 saturated carbocycles. The van der Waals surface area contributed by atoms with Gasteiger partial charge in [-0.05, 0) is 0 Å². The van der Waals surface area contributed by atoms with Crippen LogP contribution in [-0.4, -0.2) is 33.2 Å². The van der Waals surface area contributed by atoms with Crippen molar-refractivity contribution in [3.05, 3.63) is 0 Å². The number of nitrogens with two attached hydrogens (primary N) is 1. The number of hydrogen-bond acceptors (Lipinski definition) is 5. The molecule has 0 rings (SSSR count). The maximum absolute atomic E-state index is 10.3. The molecule has 0 aromatic heterocycles. The van der Waals surface area contributed by atoms with Gasteiger partial charge in [-0.25, -0.2) is 4.57 Å². The zero-order valence-electron chi connectivity index (χ0n) is 7.41. The highest BCUT2D eigenvalue weighted by atomic mass is 31.2. The van der Waals surface area contributed by atoms with Gasteiger partial charge in [0.2, 0.25) is 0 Å². The minimum Gasteiger partial charge on any atom is -0.392 e. The van der Waals surface area contributed by atoms with E-state index in [0.717, 1.165) is 0 Å². The second-order valence-corrected chi connectivity index (χ2v) is 2.94.